The molecule has 1 rings (SSSR count). The van der Waals surface area contributed by atoms with Crippen molar-refractivity contribution in [1.82, 2.24) is 0 Å². The molecule has 110 valence electrons. The van der Waals surface area contributed by atoms with E-state index in [9.17, 15) is 32.6 Å². The van der Waals surface area contributed by atoms with Crippen molar-refractivity contribution in [3.05, 3.63) is 40.8 Å². The molecule has 0 spiro atoms. The molecule has 0 aliphatic rings. The first-order chi connectivity index (χ1) is 8.07. The highest BCUT2D eigenvalue weighted by Crippen LogP contribution is 2.99. The van der Waals surface area contributed by atoms with Crippen molar-refractivity contribution in [3.8, 4) is 0 Å². The van der Waals surface area contributed by atoms with Gasteiger partial charge in [-0.05, 0) is 17.7 Å². The largest absolute Gasteiger partial charge is 0.416 e. The van der Waals surface area contributed by atoms with E-state index in [0.717, 1.165) is 0 Å². The monoisotopic (exact) mass is 332 g/mol. The Labute approximate surface area is 107 Å². The molecule has 0 aliphatic carbocycles. The van der Waals surface area contributed by atoms with Gasteiger partial charge in [-0.1, -0.05) is 43.2 Å². The molecule has 0 atom stereocenters. The summed E-state index contributed by atoms with van der Waals surface area (Å²) < 4.78 is 96.9. The van der Waals surface area contributed by atoms with E-state index in [4.69, 9.17) is 11.6 Å². The lowest BCUT2D eigenvalue weighted by Gasteiger charge is -2.37. The third-order valence-corrected chi connectivity index (χ3v) is 2.95. The average molecular weight is 333 g/mol. The summed E-state index contributed by atoms with van der Waals surface area (Å²) >= 11 is 5.05. The topological polar surface area (TPSA) is 0 Å². The Kier molecular flexibility index (Phi) is 3.21. The van der Waals surface area contributed by atoms with E-state index in [2.05, 4.69) is 0 Å². The summed E-state index contributed by atoms with van der Waals surface area (Å²) in [5.41, 5.74) is -1.73. The lowest BCUT2D eigenvalue weighted by molar-refractivity contribution is -0.137. The van der Waals surface area contributed by atoms with Crippen molar-refractivity contribution >= 4 is 26.9 Å². The van der Waals surface area contributed by atoms with Crippen LogP contribution in [-0.4, -0.2) is 0 Å². The lowest BCUT2D eigenvalue weighted by Crippen LogP contribution is -2.04. The number of halogens is 9. The molecule has 0 aliphatic heterocycles. The van der Waals surface area contributed by atoms with Crippen LogP contribution in [0.5, 0.6) is 0 Å². The van der Waals surface area contributed by atoms with E-state index < -0.39 is 38.0 Å². The van der Waals surface area contributed by atoms with Crippen molar-refractivity contribution < 1.29 is 32.6 Å². The highest BCUT2D eigenvalue weighted by Gasteiger charge is 2.61. The molecule has 1 aromatic rings. The van der Waals surface area contributed by atoms with E-state index in [0.29, 0.717) is 24.3 Å². The van der Waals surface area contributed by atoms with Crippen LogP contribution in [0.3, 0.4) is 0 Å². The molecule has 0 heterocycles. The van der Waals surface area contributed by atoms with E-state index >= 15 is 0 Å². The summed E-state index contributed by atoms with van der Waals surface area (Å²) in [6.07, 6.45) is -4.69. The van der Waals surface area contributed by atoms with Crippen molar-refractivity contribution in [1.29, 1.82) is 0 Å². The quantitative estimate of drug-likeness (QED) is 0.539. The first-order valence-corrected chi connectivity index (χ1v) is 6.77. The standard InChI is InChI=1S/C9H5ClF8S/c10-8(5-19(14,15,16,17)18)6-1-3-7(4-2-6)9(11,12)13/h1-5H/b8-5+. The molecule has 19 heavy (non-hydrogen) atoms. The number of hydrogen-bond donors (Lipinski definition) is 0. The van der Waals surface area contributed by atoms with Gasteiger partial charge in [-0.25, -0.2) is 0 Å². The maximum Gasteiger partial charge on any atom is 0.416 e. The number of rotatable bonds is 2. The average Bonchev–Trinajstić information content (AvgIpc) is 2.11. The van der Waals surface area contributed by atoms with Gasteiger partial charge in [0.25, 0.3) is 0 Å². The van der Waals surface area contributed by atoms with Crippen LogP contribution in [0.4, 0.5) is 32.6 Å². The molecular formula is C9H5ClF8S. The number of hydrogen-bond acceptors (Lipinski definition) is 0. The van der Waals surface area contributed by atoms with Gasteiger partial charge in [0.05, 0.1) is 16.0 Å². The summed E-state index contributed by atoms with van der Waals surface area (Å²) in [5.74, 6) is 0. The van der Waals surface area contributed by atoms with Gasteiger partial charge >= 0.3 is 16.4 Å². The minimum atomic E-state index is -9.87. The highest BCUT2D eigenvalue weighted by molar-refractivity contribution is 8.48. The van der Waals surface area contributed by atoms with Crippen molar-refractivity contribution in [2.45, 2.75) is 6.18 Å². The van der Waals surface area contributed by atoms with Crippen LogP contribution in [0.15, 0.2) is 29.7 Å². The fraction of sp³-hybridized carbons (Fsp3) is 0.111. The molecule has 1 aromatic carbocycles. The Morgan fingerprint density at radius 1 is 0.947 bits per heavy atom. The summed E-state index contributed by atoms with van der Waals surface area (Å²) in [5, 5.41) is -2.74. The Balaban J connectivity index is 3.18. The van der Waals surface area contributed by atoms with Gasteiger partial charge in [0.2, 0.25) is 0 Å². The Hall–Kier alpha value is -0.960. The number of alkyl halides is 3. The molecule has 0 radical (unpaired) electrons. The third kappa shape index (κ3) is 5.68. The first-order valence-electron chi connectivity index (χ1n) is 4.37. The summed E-state index contributed by atoms with van der Waals surface area (Å²) in [4.78, 5) is 0. The van der Waals surface area contributed by atoms with E-state index in [1.807, 2.05) is 0 Å². The Morgan fingerprint density at radius 3 is 1.68 bits per heavy atom. The van der Waals surface area contributed by atoms with Gasteiger partial charge in [-0.15, -0.1) is 0 Å². The zero-order valence-corrected chi connectivity index (χ0v) is 10.3. The molecule has 0 unspecified atom stereocenters. The molecule has 0 amide bonds. The predicted molar refractivity (Wildman–Crippen MR) is 58.4 cm³/mol. The van der Waals surface area contributed by atoms with Gasteiger partial charge in [0.15, 0.2) is 0 Å². The molecule has 0 bridgehead atoms. The maximum absolute atomic E-state index is 12.2. The Morgan fingerprint density at radius 2 is 1.37 bits per heavy atom. The van der Waals surface area contributed by atoms with E-state index in [-0.39, 0.29) is 0 Å². The summed E-state index contributed by atoms with van der Waals surface area (Å²) in [6, 6.07) is 2.03. The smallest absolute Gasteiger partial charge is 0.166 e. The fourth-order valence-electron chi connectivity index (χ4n) is 1.08. The van der Waals surface area contributed by atoms with Crippen LogP contribution >= 0.6 is 21.8 Å². The zero-order valence-electron chi connectivity index (χ0n) is 8.70. The third-order valence-electron chi connectivity index (χ3n) is 1.81. The summed E-state index contributed by atoms with van der Waals surface area (Å²) in [7, 11) is -9.87. The van der Waals surface area contributed by atoms with Crippen molar-refractivity contribution in [2.24, 2.45) is 0 Å². The minimum absolute atomic E-state index is 0.441. The van der Waals surface area contributed by atoms with Crippen LogP contribution < -0.4 is 0 Å². The second-order valence-corrected chi connectivity index (χ2v) is 6.27. The van der Waals surface area contributed by atoms with Crippen molar-refractivity contribution in [2.75, 3.05) is 0 Å². The van der Waals surface area contributed by atoms with Crippen LogP contribution in [0.25, 0.3) is 5.03 Å². The molecule has 0 fully saturated rings. The van der Waals surface area contributed by atoms with Crippen LogP contribution in [0.2, 0.25) is 0 Å². The first kappa shape index (κ1) is 16.1. The van der Waals surface area contributed by atoms with Gasteiger partial charge in [-0.3, -0.25) is 0 Å². The lowest BCUT2D eigenvalue weighted by atomic mass is 10.1. The zero-order chi connectivity index (χ0) is 15.2. The SMILES string of the molecule is FC(F)(F)c1ccc(/C(Cl)=C\S(F)(F)(F)(F)F)cc1. The molecule has 0 N–H and O–H groups in total. The van der Waals surface area contributed by atoms with Gasteiger partial charge in [0.1, 0.15) is 0 Å². The van der Waals surface area contributed by atoms with Gasteiger partial charge < -0.3 is 0 Å². The summed E-state index contributed by atoms with van der Waals surface area (Å²) in [6.45, 7) is 0. The fourth-order valence-corrected chi connectivity index (χ4v) is 2.24. The molecule has 10 heteroatoms. The second kappa shape index (κ2) is 3.78. The highest BCUT2D eigenvalue weighted by atomic mass is 35.5. The minimum Gasteiger partial charge on any atom is -0.166 e. The van der Waals surface area contributed by atoms with Gasteiger partial charge in [-0.2, -0.15) is 13.2 Å². The van der Waals surface area contributed by atoms with E-state index in [1.165, 1.54) is 0 Å². The number of benzene rings is 1. The van der Waals surface area contributed by atoms with E-state index in [1.54, 1.807) is 0 Å². The van der Waals surface area contributed by atoms with Crippen LogP contribution in [0, 0.1) is 0 Å². The van der Waals surface area contributed by atoms with Crippen molar-refractivity contribution in [3.63, 3.8) is 0 Å². The molecule has 0 saturated carbocycles. The second-order valence-electron chi connectivity index (χ2n) is 3.57. The van der Waals surface area contributed by atoms with Gasteiger partial charge in [0, 0.05) is 0 Å². The molecule has 0 saturated heterocycles. The Bertz CT molecular complexity index is 510. The normalized spacial score (nSPS) is 17.8. The molecule has 0 nitrogen and oxygen atoms in total. The van der Waals surface area contributed by atoms with Crippen LogP contribution in [0.1, 0.15) is 11.1 Å². The predicted octanol–water partition coefficient (Wildman–Crippen LogP) is 6.54. The maximum atomic E-state index is 12.2. The molecule has 0 aromatic heterocycles. The molecular weight excluding hydrogens is 328 g/mol. The van der Waals surface area contributed by atoms with Crippen LogP contribution in [-0.2, 0) is 6.18 Å².